The number of carbonyl (C=O) groups excluding carboxylic acids is 3. The largest absolute Gasteiger partial charge is 0.383 e. The number of hydrogen-bond acceptors (Lipinski definition) is 6. The van der Waals surface area contributed by atoms with Gasteiger partial charge in [-0.15, -0.1) is 0 Å². The van der Waals surface area contributed by atoms with Gasteiger partial charge in [0.1, 0.15) is 5.82 Å². The highest BCUT2D eigenvalue weighted by molar-refractivity contribution is 6.01. The van der Waals surface area contributed by atoms with E-state index in [0.717, 1.165) is 4.68 Å². The van der Waals surface area contributed by atoms with Crippen LogP contribution in [0.2, 0.25) is 0 Å². The zero-order chi connectivity index (χ0) is 13.8. The molecule has 0 atom stereocenters. The van der Waals surface area contributed by atoms with Crippen LogP contribution < -0.4 is 11.1 Å². The molecule has 0 saturated heterocycles. The molecule has 8 nitrogen and oxygen atoms in total. The molecule has 96 valence electrons. The van der Waals surface area contributed by atoms with Crippen LogP contribution in [0.3, 0.4) is 0 Å². The predicted octanol–water partition coefficient (Wildman–Crippen LogP) is -0.565. The summed E-state index contributed by atoms with van der Waals surface area (Å²) in [5.41, 5.74) is 5.76. The van der Waals surface area contributed by atoms with Crippen molar-refractivity contribution in [3.8, 4) is 0 Å². The molecular weight excluding hydrogens is 250 g/mol. The van der Waals surface area contributed by atoms with Crippen molar-refractivity contribution in [1.82, 2.24) is 20.1 Å². The maximum atomic E-state index is 12.0. The van der Waals surface area contributed by atoms with Gasteiger partial charge in [-0.05, 0) is 12.1 Å². The maximum Gasteiger partial charge on any atom is 0.281 e. The molecule has 2 amide bonds. The second-order valence-electron chi connectivity index (χ2n) is 3.50. The van der Waals surface area contributed by atoms with Crippen LogP contribution in [0, 0.1) is 0 Å². The van der Waals surface area contributed by atoms with E-state index in [1.807, 2.05) is 5.32 Å². The van der Waals surface area contributed by atoms with Crippen LogP contribution in [-0.2, 0) is 4.79 Å². The normalized spacial score (nSPS) is 9.89. The molecule has 8 heteroatoms. The summed E-state index contributed by atoms with van der Waals surface area (Å²) < 4.78 is 0.872. The average Bonchev–Trinajstić information content (AvgIpc) is 2.81. The fourth-order valence-electron chi connectivity index (χ4n) is 1.41. The molecule has 0 aliphatic carbocycles. The maximum absolute atomic E-state index is 12.0. The van der Waals surface area contributed by atoms with E-state index >= 15 is 0 Å². The summed E-state index contributed by atoms with van der Waals surface area (Å²) in [6.07, 6.45) is 3.10. The number of amides is 2. The van der Waals surface area contributed by atoms with E-state index in [4.69, 9.17) is 5.73 Å². The molecule has 0 saturated carbocycles. The number of rotatable bonds is 3. The number of aromatic nitrogens is 3. The summed E-state index contributed by atoms with van der Waals surface area (Å²) >= 11 is 0. The van der Waals surface area contributed by atoms with Crippen LogP contribution in [0.15, 0.2) is 30.6 Å². The van der Waals surface area contributed by atoms with Gasteiger partial charge in [0.2, 0.25) is 6.41 Å². The average molecular weight is 259 g/mol. The summed E-state index contributed by atoms with van der Waals surface area (Å²) in [4.78, 5) is 37.4. The first-order valence-electron chi connectivity index (χ1n) is 5.18. The third-order valence-corrected chi connectivity index (χ3v) is 2.26. The molecule has 0 aliphatic rings. The molecule has 0 bridgehead atoms. The van der Waals surface area contributed by atoms with Crippen LogP contribution in [-0.4, -0.2) is 33.0 Å². The first-order valence-corrected chi connectivity index (χ1v) is 5.18. The number of anilines is 1. The molecular formula is C11H9N5O3. The van der Waals surface area contributed by atoms with Gasteiger partial charge >= 0.3 is 0 Å². The van der Waals surface area contributed by atoms with E-state index in [-0.39, 0.29) is 23.5 Å². The van der Waals surface area contributed by atoms with Gasteiger partial charge in [0, 0.05) is 18.5 Å². The monoisotopic (exact) mass is 259 g/mol. The molecule has 0 aliphatic heterocycles. The minimum atomic E-state index is -0.737. The molecule has 2 aromatic heterocycles. The lowest BCUT2D eigenvalue weighted by Gasteiger charge is -2.01. The van der Waals surface area contributed by atoms with Crippen LogP contribution in [0.4, 0.5) is 5.82 Å². The number of pyridine rings is 1. The fraction of sp³-hybridized carbons (Fsp3) is 0. The standard InChI is InChI=1S/C11H9N5O3/c12-9-4-8(10(18)14-6-17)15-16(9)11(19)7-2-1-3-13-5-7/h1-6H,12H2,(H,14,17,18). The van der Waals surface area contributed by atoms with Crippen molar-refractivity contribution >= 4 is 24.0 Å². The van der Waals surface area contributed by atoms with E-state index in [1.165, 1.54) is 18.5 Å². The van der Waals surface area contributed by atoms with Gasteiger partial charge in [0.05, 0.1) is 5.56 Å². The Morgan fingerprint density at radius 3 is 2.84 bits per heavy atom. The van der Waals surface area contributed by atoms with Crippen molar-refractivity contribution in [3.63, 3.8) is 0 Å². The summed E-state index contributed by atoms with van der Waals surface area (Å²) in [7, 11) is 0. The van der Waals surface area contributed by atoms with E-state index in [0.29, 0.717) is 0 Å². The number of nitrogens with one attached hydrogen (secondary N) is 1. The van der Waals surface area contributed by atoms with E-state index < -0.39 is 11.8 Å². The Morgan fingerprint density at radius 2 is 2.21 bits per heavy atom. The number of nitrogens with zero attached hydrogens (tertiary/aromatic N) is 3. The second-order valence-corrected chi connectivity index (χ2v) is 3.50. The Labute approximate surface area is 107 Å². The molecule has 0 aromatic carbocycles. The van der Waals surface area contributed by atoms with Crippen LogP contribution in [0.5, 0.6) is 0 Å². The molecule has 2 rings (SSSR count). The lowest BCUT2D eigenvalue weighted by atomic mass is 10.3. The van der Waals surface area contributed by atoms with Crippen LogP contribution in [0.25, 0.3) is 0 Å². The number of carbonyl (C=O) groups is 3. The molecule has 0 spiro atoms. The van der Waals surface area contributed by atoms with E-state index in [1.54, 1.807) is 12.1 Å². The molecule has 2 aromatic rings. The summed E-state index contributed by atoms with van der Waals surface area (Å²) in [6.45, 7) is 0. The van der Waals surface area contributed by atoms with Crippen molar-refractivity contribution < 1.29 is 14.4 Å². The molecule has 0 radical (unpaired) electrons. The van der Waals surface area contributed by atoms with Gasteiger partial charge in [-0.2, -0.15) is 9.78 Å². The van der Waals surface area contributed by atoms with Gasteiger partial charge in [-0.3, -0.25) is 24.7 Å². The highest BCUT2D eigenvalue weighted by Crippen LogP contribution is 2.09. The van der Waals surface area contributed by atoms with Gasteiger partial charge in [-0.1, -0.05) is 0 Å². The zero-order valence-electron chi connectivity index (χ0n) is 9.61. The van der Waals surface area contributed by atoms with Gasteiger partial charge in [0.15, 0.2) is 5.69 Å². The third kappa shape index (κ3) is 2.46. The van der Waals surface area contributed by atoms with Crippen molar-refractivity contribution in [2.24, 2.45) is 0 Å². The summed E-state index contributed by atoms with van der Waals surface area (Å²) in [6, 6.07) is 4.33. The van der Waals surface area contributed by atoms with Gasteiger partial charge in [-0.25, -0.2) is 0 Å². The van der Waals surface area contributed by atoms with Crippen molar-refractivity contribution in [3.05, 3.63) is 41.9 Å². The Hall–Kier alpha value is -3.03. The van der Waals surface area contributed by atoms with Crippen molar-refractivity contribution in [1.29, 1.82) is 0 Å². The Kier molecular flexibility index (Phi) is 3.33. The summed E-state index contributed by atoms with van der Waals surface area (Å²) in [5.74, 6) is -1.26. The molecule has 0 fully saturated rings. The minimum absolute atomic E-state index is 0.00935. The quantitative estimate of drug-likeness (QED) is 0.712. The van der Waals surface area contributed by atoms with E-state index in [9.17, 15) is 14.4 Å². The predicted molar refractivity (Wildman–Crippen MR) is 64.1 cm³/mol. The molecule has 19 heavy (non-hydrogen) atoms. The minimum Gasteiger partial charge on any atom is -0.383 e. The number of hydrogen-bond donors (Lipinski definition) is 2. The smallest absolute Gasteiger partial charge is 0.281 e. The first kappa shape index (κ1) is 12.4. The number of nitrogens with two attached hydrogens (primary N) is 1. The Bertz CT molecular complexity index is 635. The lowest BCUT2D eigenvalue weighted by Crippen LogP contribution is -2.23. The molecule has 0 unspecified atom stereocenters. The van der Waals surface area contributed by atoms with Crippen molar-refractivity contribution in [2.75, 3.05) is 5.73 Å². The van der Waals surface area contributed by atoms with Crippen LogP contribution >= 0.6 is 0 Å². The van der Waals surface area contributed by atoms with Crippen LogP contribution in [0.1, 0.15) is 20.8 Å². The van der Waals surface area contributed by atoms with Gasteiger partial charge < -0.3 is 5.73 Å². The number of nitrogen functional groups attached to an aromatic ring is 1. The second kappa shape index (κ2) is 5.08. The number of imide groups is 1. The topological polar surface area (TPSA) is 120 Å². The molecule has 2 heterocycles. The third-order valence-electron chi connectivity index (χ3n) is 2.26. The lowest BCUT2D eigenvalue weighted by molar-refractivity contribution is -0.108. The fourth-order valence-corrected chi connectivity index (χ4v) is 1.41. The Balaban J connectivity index is 2.34. The van der Waals surface area contributed by atoms with E-state index in [2.05, 4.69) is 10.1 Å². The summed E-state index contributed by atoms with van der Waals surface area (Å²) in [5, 5.41) is 5.65. The zero-order valence-corrected chi connectivity index (χ0v) is 9.61. The molecule has 3 N–H and O–H groups in total. The van der Waals surface area contributed by atoms with Crippen molar-refractivity contribution in [2.45, 2.75) is 0 Å². The van der Waals surface area contributed by atoms with Gasteiger partial charge in [0.25, 0.3) is 11.8 Å². The Morgan fingerprint density at radius 1 is 1.42 bits per heavy atom. The first-order chi connectivity index (χ1) is 9.13. The highest BCUT2D eigenvalue weighted by Gasteiger charge is 2.17. The SMILES string of the molecule is Nc1cc(C(=O)NC=O)nn1C(=O)c1cccnc1. The highest BCUT2D eigenvalue weighted by atomic mass is 16.2.